The largest absolute Gasteiger partial charge is 0.463 e. The molecule has 1 amide bonds. The molecule has 0 saturated heterocycles. The lowest BCUT2D eigenvalue weighted by atomic mass is 10.1. The summed E-state index contributed by atoms with van der Waals surface area (Å²) in [5, 5.41) is 2.73. The summed E-state index contributed by atoms with van der Waals surface area (Å²) in [5.74, 6) is -0.450. The third-order valence-corrected chi connectivity index (χ3v) is 2.54. The maximum Gasteiger partial charge on any atom is 0.408 e. The summed E-state index contributed by atoms with van der Waals surface area (Å²) in [4.78, 5) is 23.4. The summed E-state index contributed by atoms with van der Waals surface area (Å²) in [6.45, 7) is 7.41. The summed E-state index contributed by atoms with van der Waals surface area (Å²) in [6.07, 6.45) is 2.34. The van der Waals surface area contributed by atoms with Crippen LogP contribution in [0.1, 0.15) is 39.3 Å². The van der Waals surface area contributed by atoms with Crippen molar-refractivity contribution in [1.29, 1.82) is 0 Å². The molecule has 1 N–H and O–H groups in total. The Morgan fingerprint density at radius 2 is 1.86 bits per heavy atom. The SMILES string of the molecule is CCOC(=O)/C=C/C(NC(=O)OC(C)(C)C)c1ccccc1. The molecule has 120 valence electrons. The van der Waals surface area contributed by atoms with Crippen LogP contribution in [-0.4, -0.2) is 24.3 Å². The van der Waals surface area contributed by atoms with Crippen LogP contribution in [0.25, 0.3) is 0 Å². The summed E-state index contributed by atoms with van der Waals surface area (Å²) >= 11 is 0. The van der Waals surface area contributed by atoms with Crippen LogP contribution in [-0.2, 0) is 14.3 Å². The lowest BCUT2D eigenvalue weighted by Gasteiger charge is -2.22. The van der Waals surface area contributed by atoms with Gasteiger partial charge in [-0.2, -0.15) is 0 Å². The van der Waals surface area contributed by atoms with Gasteiger partial charge >= 0.3 is 12.1 Å². The molecule has 1 rings (SSSR count). The molecule has 0 aliphatic heterocycles. The first-order valence-corrected chi connectivity index (χ1v) is 7.21. The van der Waals surface area contributed by atoms with Gasteiger partial charge in [-0.25, -0.2) is 9.59 Å². The van der Waals surface area contributed by atoms with Crippen LogP contribution in [0.15, 0.2) is 42.5 Å². The highest BCUT2D eigenvalue weighted by Crippen LogP contribution is 2.16. The minimum Gasteiger partial charge on any atom is -0.463 e. The Morgan fingerprint density at radius 3 is 2.41 bits per heavy atom. The average molecular weight is 305 g/mol. The van der Waals surface area contributed by atoms with E-state index in [2.05, 4.69) is 5.32 Å². The molecular weight excluding hydrogens is 282 g/mol. The number of carbonyl (C=O) groups excluding carboxylic acids is 2. The Kier molecular flexibility index (Phi) is 6.63. The second-order valence-corrected chi connectivity index (χ2v) is 5.65. The van der Waals surface area contributed by atoms with E-state index in [0.29, 0.717) is 6.61 Å². The molecule has 1 atom stereocenters. The molecule has 0 bridgehead atoms. The van der Waals surface area contributed by atoms with Gasteiger partial charge in [0.1, 0.15) is 5.60 Å². The normalized spacial score (nSPS) is 12.7. The number of benzene rings is 1. The molecular formula is C17H23NO4. The molecule has 0 spiro atoms. The van der Waals surface area contributed by atoms with Gasteiger partial charge in [0.2, 0.25) is 0 Å². The lowest BCUT2D eigenvalue weighted by Crippen LogP contribution is -2.34. The van der Waals surface area contributed by atoms with E-state index in [0.717, 1.165) is 5.56 Å². The molecule has 5 nitrogen and oxygen atoms in total. The van der Waals surface area contributed by atoms with Crippen LogP contribution in [0.5, 0.6) is 0 Å². The first-order valence-electron chi connectivity index (χ1n) is 7.21. The number of hydrogen-bond donors (Lipinski definition) is 1. The summed E-state index contributed by atoms with van der Waals surface area (Å²) < 4.78 is 10.1. The number of rotatable bonds is 5. The third kappa shape index (κ3) is 6.92. The third-order valence-electron chi connectivity index (χ3n) is 2.54. The van der Waals surface area contributed by atoms with Gasteiger partial charge in [-0.15, -0.1) is 0 Å². The van der Waals surface area contributed by atoms with E-state index in [1.54, 1.807) is 33.8 Å². The van der Waals surface area contributed by atoms with E-state index in [-0.39, 0.29) is 0 Å². The predicted octanol–water partition coefficient (Wildman–Crippen LogP) is 3.37. The standard InChI is InChI=1S/C17H23NO4/c1-5-21-15(19)12-11-14(13-9-7-6-8-10-13)18-16(20)22-17(2,3)4/h6-12,14H,5H2,1-4H3,(H,18,20)/b12-11+. The van der Waals surface area contributed by atoms with Crippen LogP contribution in [0.3, 0.4) is 0 Å². The number of carbonyl (C=O) groups is 2. The van der Waals surface area contributed by atoms with Crippen molar-refractivity contribution in [1.82, 2.24) is 5.32 Å². The average Bonchev–Trinajstić information content (AvgIpc) is 2.42. The van der Waals surface area contributed by atoms with Gasteiger partial charge in [0.15, 0.2) is 0 Å². The topological polar surface area (TPSA) is 64.6 Å². The Hall–Kier alpha value is -2.30. The summed E-state index contributed by atoms with van der Waals surface area (Å²) in [5.41, 5.74) is 0.254. The highest BCUT2D eigenvalue weighted by molar-refractivity contribution is 5.82. The van der Waals surface area contributed by atoms with E-state index in [1.807, 2.05) is 30.3 Å². The number of esters is 1. The minimum absolute atomic E-state index is 0.304. The molecule has 1 aromatic rings. The van der Waals surface area contributed by atoms with E-state index in [9.17, 15) is 9.59 Å². The van der Waals surface area contributed by atoms with Crippen molar-refractivity contribution < 1.29 is 19.1 Å². The van der Waals surface area contributed by atoms with Crippen LogP contribution in [0, 0.1) is 0 Å². The van der Waals surface area contributed by atoms with Gasteiger partial charge in [-0.3, -0.25) is 0 Å². The fraction of sp³-hybridized carbons (Fsp3) is 0.412. The van der Waals surface area contributed by atoms with Gasteiger partial charge in [-0.05, 0) is 33.3 Å². The highest BCUT2D eigenvalue weighted by atomic mass is 16.6. The smallest absolute Gasteiger partial charge is 0.408 e. The molecule has 0 aliphatic rings. The molecule has 1 unspecified atom stereocenters. The van der Waals surface area contributed by atoms with Crippen molar-refractivity contribution in [2.24, 2.45) is 0 Å². The number of amides is 1. The number of ether oxygens (including phenoxy) is 2. The van der Waals surface area contributed by atoms with Crippen molar-refractivity contribution >= 4 is 12.1 Å². The molecule has 0 fully saturated rings. The van der Waals surface area contributed by atoms with E-state index in [1.165, 1.54) is 6.08 Å². The van der Waals surface area contributed by atoms with E-state index < -0.39 is 23.7 Å². The maximum absolute atomic E-state index is 11.9. The zero-order valence-electron chi connectivity index (χ0n) is 13.5. The van der Waals surface area contributed by atoms with Crippen molar-refractivity contribution in [3.05, 3.63) is 48.0 Å². The van der Waals surface area contributed by atoms with Crippen molar-refractivity contribution in [2.75, 3.05) is 6.61 Å². The molecule has 0 aromatic heterocycles. The van der Waals surface area contributed by atoms with Crippen molar-refractivity contribution in [2.45, 2.75) is 39.3 Å². The van der Waals surface area contributed by atoms with Crippen LogP contribution in [0.2, 0.25) is 0 Å². The Bertz CT molecular complexity index is 517. The van der Waals surface area contributed by atoms with E-state index >= 15 is 0 Å². The summed E-state index contributed by atoms with van der Waals surface area (Å²) in [6, 6.07) is 8.84. The van der Waals surface area contributed by atoms with Crippen LogP contribution >= 0.6 is 0 Å². The monoisotopic (exact) mass is 305 g/mol. The first-order chi connectivity index (χ1) is 10.3. The zero-order valence-corrected chi connectivity index (χ0v) is 13.5. The maximum atomic E-state index is 11.9. The van der Waals surface area contributed by atoms with E-state index in [4.69, 9.17) is 9.47 Å². The second-order valence-electron chi connectivity index (χ2n) is 5.65. The van der Waals surface area contributed by atoms with Gasteiger partial charge in [0.05, 0.1) is 12.6 Å². The van der Waals surface area contributed by atoms with Gasteiger partial charge in [0.25, 0.3) is 0 Å². The van der Waals surface area contributed by atoms with Gasteiger partial charge < -0.3 is 14.8 Å². The van der Waals surface area contributed by atoms with Gasteiger partial charge in [-0.1, -0.05) is 36.4 Å². The molecule has 0 saturated carbocycles. The molecule has 0 aliphatic carbocycles. The molecule has 1 aromatic carbocycles. The Balaban J connectivity index is 2.84. The molecule has 5 heteroatoms. The number of hydrogen-bond acceptors (Lipinski definition) is 4. The van der Waals surface area contributed by atoms with Crippen molar-refractivity contribution in [3.8, 4) is 0 Å². The Labute approximate surface area is 131 Å². The predicted molar refractivity (Wildman–Crippen MR) is 84.3 cm³/mol. The molecule has 0 radical (unpaired) electrons. The first kappa shape index (κ1) is 17.8. The number of nitrogens with one attached hydrogen (secondary N) is 1. The van der Waals surface area contributed by atoms with Gasteiger partial charge in [0, 0.05) is 6.08 Å². The van der Waals surface area contributed by atoms with Crippen LogP contribution in [0.4, 0.5) is 4.79 Å². The van der Waals surface area contributed by atoms with Crippen molar-refractivity contribution in [3.63, 3.8) is 0 Å². The fourth-order valence-electron chi connectivity index (χ4n) is 1.70. The lowest BCUT2D eigenvalue weighted by molar-refractivity contribution is -0.137. The molecule has 0 heterocycles. The minimum atomic E-state index is -0.587. The molecule has 22 heavy (non-hydrogen) atoms. The fourth-order valence-corrected chi connectivity index (χ4v) is 1.70. The quantitative estimate of drug-likeness (QED) is 0.669. The Morgan fingerprint density at radius 1 is 1.23 bits per heavy atom. The zero-order chi connectivity index (χ0) is 16.6. The van der Waals surface area contributed by atoms with Crippen LogP contribution < -0.4 is 5.32 Å². The second kappa shape index (κ2) is 8.22. The highest BCUT2D eigenvalue weighted by Gasteiger charge is 2.19. The summed E-state index contributed by atoms with van der Waals surface area (Å²) in [7, 11) is 0. The number of alkyl carbamates (subject to hydrolysis) is 1.